The van der Waals surface area contributed by atoms with Gasteiger partial charge in [-0.25, -0.2) is 4.98 Å². The van der Waals surface area contributed by atoms with Gasteiger partial charge < -0.3 is 19.8 Å². The fourth-order valence-electron chi connectivity index (χ4n) is 2.58. The van der Waals surface area contributed by atoms with Gasteiger partial charge in [-0.15, -0.1) is 0 Å². The van der Waals surface area contributed by atoms with Gasteiger partial charge in [0.2, 0.25) is 5.91 Å². The van der Waals surface area contributed by atoms with E-state index in [2.05, 4.69) is 15.3 Å². The molecule has 22 heavy (non-hydrogen) atoms. The molecule has 1 fully saturated rings. The zero-order valence-electron chi connectivity index (χ0n) is 12.3. The molecule has 2 N–H and O–H groups in total. The van der Waals surface area contributed by atoms with Crippen LogP contribution in [-0.2, 0) is 20.7 Å². The Balaban J connectivity index is 1.63. The minimum absolute atomic E-state index is 0.0802. The van der Waals surface area contributed by atoms with Crippen molar-refractivity contribution in [2.24, 2.45) is 0 Å². The van der Waals surface area contributed by atoms with Gasteiger partial charge in [-0.3, -0.25) is 4.79 Å². The van der Waals surface area contributed by atoms with Crippen LogP contribution in [0.4, 0.5) is 0 Å². The molecule has 1 aromatic carbocycles. The number of rotatable bonds is 5. The number of aromatic nitrogens is 2. The van der Waals surface area contributed by atoms with Crippen molar-refractivity contribution in [3.05, 3.63) is 29.0 Å². The van der Waals surface area contributed by atoms with Crippen LogP contribution in [0.5, 0.6) is 0 Å². The Morgan fingerprint density at radius 1 is 1.55 bits per heavy atom. The molecule has 2 heterocycles. The number of nitrogens with one attached hydrogen (secondary N) is 2. The summed E-state index contributed by atoms with van der Waals surface area (Å²) in [5.41, 5.74) is 1.62. The van der Waals surface area contributed by atoms with Crippen molar-refractivity contribution in [1.82, 2.24) is 15.3 Å². The number of hydrogen-bond donors (Lipinski definition) is 2. The maximum Gasteiger partial charge on any atom is 0.227 e. The summed E-state index contributed by atoms with van der Waals surface area (Å²) >= 11 is 5.94. The van der Waals surface area contributed by atoms with Crippen molar-refractivity contribution in [2.75, 3.05) is 19.8 Å². The molecule has 1 saturated heterocycles. The molecule has 0 aliphatic carbocycles. The number of nitrogens with zero attached hydrogens (tertiary/aromatic N) is 1. The number of fused-ring (bicyclic) bond motifs is 1. The van der Waals surface area contributed by atoms with Gasteiger partial charge in [0, 0.05) is 11.6 Å². The highest BCUT2D eigenvalue weighted by molar-refractivity contribution is 6.31. The SMILES string of the molecule is CCOC1COCC1NC(=O)Cc1nc2ccc(Cl)cc2[nH]1. The third-order valence-corrected chi connectivity index (χ3v) is 3.81. The lowest BCUT2D eigenvalue weighted by Crippen LogP contribution is -2.44. The van der Waals surface area contributed by atoms with Gasteiger partial charge in [0.15, 0.2) is 0 Å². The lowest BCUT2D eigenvalue weighted by molar-refractivity contribution is -0.122. The van der Waals surface area contributed by atoms with E-state index in [0.29, 0.717) is 30.7 Å². The topological polar surface area (TPSA) is 76.2 Å². The molecule has 0 spiro atoms. The standard InChI is InChI=1S/C15H18ClN3O3/c1-2-22-13-8-21-7-12(13)19-15(20)6-14-17-10-4-3-9(16)5-11(10)18-14/h3-5,12-13H,2,6-8H2,1H3,(H,17,18)(H,19,20). The van der Waals surface area contributed by atoms with Crippen LogP contribution < -0.4 is 5.32 Å². The zero-order valence-corrected chi connectivity index (χ0v) is 13.0. The van der Waals surface area contributed by atoms with Gasteiger partial charge >= 0.3 is 0 Å². The second kappa shape index (κ2) is 6.64. The van der Waals surface area contributed by atoms with Crippen LogP contribution in [-0.4, -0.2) is 47.8 Å². The van der Waals surface area contributed by atoms with Crippen molar-refractivity contribution < 1.29 is 14.3 Å². The Bertz CT molecular complexity index is 673. The molecule has 1 amide bonds. The summed E-state index contributed by atoms with van der Waals surface area (Å²) in [5, 5.41) is 3.58. The minimum atomic E-state index is -0.106. The number of imidazole rings is 1. The zero-order chi connectivity index (χ0) is 15.5. The molecular formula is C15H18ClN3O3. The Labute approximate surface area is 133 Å². The van der Waals surface area contributed by atoms with Gasteiger partial charge in [0.1, 0.15) is 11.9 Å². The molecular weight excluding hydrogens is 306 g/mol. The summed E-state index contributed by atoms with van der Waals surface area (Å²) in [7, 11) is 0. The average Bonchev–Trinajstić information content (AvgIpc) is 3.05. The predicted octanol–water partition coefficient (Wildman–Crippen LogP) is 1.68. The minimum Gasteiger partial charge on any atom is -0.376 e. The summed E-state index contributed by atoms with van der Waals surface area (Å²) in [5.74, 6) is 0.506. The highest BCUT2D eigenvalue weighted by Gasteiger charge is 2.30. The van der Waals surface area contributed by atoms with E-state index in [1.165, 1.54) is 0 Å². The molecule has 2 aromatic rings. The molecule has 0 bridgehead atoms. The van der Waals surface area contributed by atoms with Crippen molar-refractivity contribution >= 4 is 28.5 Å². The Morgan fingerprint density at radius 3 is 3.23 bits per heavy atom. The number of carbonyl (C=O) groups excluding carboxylic acids is 1. The monoisotopic (exact) mass is 323 g/mol. The summed E-state index contributed by atoms with van der Waals surface area (Å²) in [6.45, 7) is 3.52. The van der Waals surface area contributed by atoms with Gasteiger partial charge in [0.05, 0.1) is 36.7 Å². The van der Waals surface area contributed by atoms with E-state index in [4.69, 9.17) is 21.1 Å². The molecule has 1 aliphatic heterocycles. The number of hydrogen-bond acceptors (Lipinski definition) is 4. The molecule has 0 saturated carbocycles. The van der Waals surface area contributed by atoms with Crippen LogP contribution in [0, 0.1) is 0 Å². The lowest BCUT2D eigenvalue weighted by Gasteiger charge is -2.18. The number of amides is 1. The van der Waals surface area contributed by atoms with E-state index in [9.17, 15) is 4.79 Å². The van der Waals surface area contributed by atoms with E-state index in [-0.39, 0.29) is 24.5 Å². The average molecular weight is 324 g/mol. The summed E-state index contributed by atoms with van der Waals surface area (Å²) in [6.07, 6.45) is 0.102. The van der Waals surface area contributed by atoms with Crippen LogP contribution in [0.2, 0.25) is 5.02 Å². The molecule has 0 radical (unpaired) electrons. The fraction of sp³-hybridized carbons (Fsp3) is 0.467. The van der Waals surface area contributed by atoms with E-state index < -0.39 is 0 Å². The summed E-state index contributed by atoms with van der Waals surface area (Å²) in [4.78, 5) is 19.6. The van der Waals surface area contributed by atoms with Gasteiger partial charge in [-0.2, -0.15) is 0 Å². The van der Waals surface area contributed by atoms with Crippen molar-refractivity contribution in [2.45, 2.75) is 25.5 Å². The number of ether oxygens (including phenoxy) is 2. The quantitative estimate of drug-likeness (QED) is 0.877. The van der Waals surface area contributed by atoms with Crippen LogP contribution in [0.25, 0.3) is 11.0 Å². The molecule has 2 atom stereocenters. The maximum absolute atomic E-state index is 12.2. The van der Waals surface area contributed by atoms with Gasteiger partial charge in [0.25, 0.3) is 0 Å². The largest absolute Gasteiger partial charge is 0.376 e. The first kappa shape index (κ1) is 15.3. The highest BCUT2D eigenvalue weighted by atomic mass is 35.5. The molecule has 1 aromatic heterocycles. The first-order chi connectivity index (χ1) is 10.7. The van der Waals surface area contributed by atoms with Crippen molar-refractivity contribution in [1.29, 1.82) is 0 Å². The summed E-state index contributed by atoms with van der Waals surface area (Å²) in [6, 6.07) is 5.29. The third kappa shape index (κ3) is 3.40. The first-order valence-corrected chi connectivity index (χ1v) is 7.66. The third-order valence-electron chi connectivity index (χ3n) is 3.58. The lowest BCUT2D eigenvalue weighted by atomic mass is 10.2. The number of carbonyl (C=O) groups is 1. The van der Waals surface area contributed by atoms with E-state index in [0.717, 1.165) is 11.0 Å². The predicted molar refractivity (Wildman–Crippen MR) is 83.0 cm³/mol. The van der Waals surface area contributed by atoms with Crippen molar-refractivity contribution in [3.8, 4) is 0 Å². The smallest absolute Gasteiger partial charge is 0.227 e. The van der Waals surface area contributed by atoms with E-state index >= 15 is 0 Å². The van der Waals surface area contributed by atoms with Gasteiger partial charge in [-0.05, 0) is 25.1 Å². The van der Waals surface area contributed by atoms with Gasteiger partial charge in [-0.1, -0.05) is 11.6 Å². The normalized spacial score (nSPS) is 21.4. The number of benzene rings is 1. The first-order valence-electron chi connectivity index (χ1n) is 7.28. The second-order valence-corrected chi connectivity index (χ2v) is 5.66. The molecule has 1 aliphatic rings. The molecule has 118 valence electrons. The van der Waals surface area contributed by atoms with Crippen molar-refractivity contribution in [3.63, 3.8) is 0 Å². The Morgan fingerprint density at radius 2 is 2.41 bits per heavy atom. The van der Waals surface area contributed by atoms with E-state index in [1.54, 1.807) is 12.1 Å². The maximum atomic E-state index is 12.2. The Kier molecular flexibility index (Phi) is 4.61. The van der Waals surface area contributed by atoms with Crippen LogP contribution >= 0.6 is 11.6 Å². The number of aromatic amines is 1. The molecule has 2 unspecified atom stereocenters. The summed E-state index contributed by atoms with van der Waals surface area (Å²) < 4.78 is 10.9. The fourth-order valence-corrected chi connectivity index (χ4v) is 2.75. The second-order valence-electron chi connectivity index (χ2n) is 5.23. The van der Waals surface area contributed by atoms with Crippen LogP contribution in [0.15, 0.2) is 18.2 Å². The Hall–Kier alpha value is -1.63. The van der Waals surface area contributed by atoms with Crippen LogP contribution in [0.1, 0.15) is 12.7 Å². The number of halogens is 1. The molecule has 6 nitrogen and oxygen atoms in total. The molecule has 7 heteroatoms. The van der Waals surface area contributed by atoms with E-state index in [1.807, 2.05) is 13.0 Å². The molecule has 3 rings (SSSR count). The highest BCUT2D eigenvalue weighted by Crippen LogP contribution is 2.17. The number of H-pyrrole nitrogens is 1. The van der Waals surface area contributed by atoms with Crippen LogP contribution in [0.3, 0.4) is 0 Å².